The lowest BCUT2D eigenvalue weighted by atomic mass is 10.3. The zero-order valence-corrected chi connectivity index (χ0v) is 11.0. The van der Waals surface area contributed by atoms with Crippen molar-refractivity contribution in [3.8, 4) is 0 Å². The lowest BCUT2D eigenvalue weighted by Gasteiger charge is -2.04. The molecular weight excluding hydrogens is 291 g/mol. The predicted molar refractivity (Wildman–Crippen MR) is 67.5 cm³/mol. The lowest BCUT2D eigenvalue weighted by molar-refractivity contribution is -0.135. The molecule has 0 aliphatic rings. The number of hydrazone groups is 1. The number of carbonyl (C=O) groups excluding carboxylic acids is 1. The molecule has 0 heterocycles. The molecule has 0 atom stereocenters. The summed E-state index contributed by atoms with van der Waals surface area (Å²) >= 11 is 3.14. The smallest absolute Gasteiger partial charge is 0.354 e. The Morgan fingerprint density at radius 3 is 2.88 bits per heavy atom. The Morgan fingerprint density at radius 1 is 1.59 bits per heavy atom. The normalized spacial score (nSPS) is 11.2. The summed E-state index contributed by atoms with van der Waals surface area (Å²) < 4.78 is 18.7. The molecule has 1 rings (SSSR count). The van der Waals surface area contributed by atoms with Crippen LogP contribution in [0.4, 0.5) is 10.1 Å². The number of nitrogens with zero attached hydrogens (tertiary/aromatic N) is 1. The van der Waals surface area contributed by atoms with Gasteiger partial charge in [0.1, 0.15) is 11.5 Å². The SMILES string of the molecule is CCOC(=O)/C(C)=N/Nc1ccc(Br)cc1F. The predicted octanol–water partition coefficient (Wildman–Crippen LogP) is 2.94. The quantitative estimate of drug-likeness (QED) is 0.528. The third kappa shape index (κ3) is 4.14. The summed E-state index contributed by atoms with van der Waals surface area (Å²) in [5.74, 6) is -0.989. The molecule has 0 amide bonds. The highest BCUT2D eigenvalue weighted by atomic mass is 79.9. The van der Waals surface area contributed by atoms with Crippen LogP contribution in [0.25, 0.3) is 0 Å². The minimum absolute atomic E-state index is 0.133. The molecule has 92 valence electrons. The van der Waals surface area contributed by atoms with E-state index in [1.165, 1.54) is 19.1 Å². The minimum atomic E-state index is -0.530. The molecule has 0 radical (unpaired) electrons. The fourth-order valence-corrected chi connectivity index (χ4v) is 1.34. The van der Waals surface area contributed by atoms with E-state index in [9.17, 15) is 9.18 Å². The van der Waals surface area contributed by atoms with Crippen LogP contribution in [-0.4, -0.2) is 18.3 Å². The average Bonchev–Trinajstić information content (AvgIpc) is 2.27. The van der Waals surface area contributed by atoms with Crippen LogP contribution in [0.15, 0.2) is 27.8 Å². The number of halogens is 2. The Balaban J connectivity index is 2.72. The van der Waals surface area contributed by atoms with Crippen molar-refractivity contribution in [2.24, 2.45) is 5.10 Å². The highest BCUT2D eigenvalue weighted by Gasteiger charge is 2.07. The first-order valence-electron chi connectivity index (χ1n) is 4.97. The van der Waals surface area contributed by atoms with Crippen LogP contribution in [0.2, 0.25) is 0 Å². The van der Waals surface area contributed by atoms with E-state index < -0.39 is 11.8 Å². The van der Waals surface area contributed by atoms with Crippen molar-refractivity contribution in [3.63, 3.8) is 0 Å². The average molecular weight is 303 g/mol. The van der Waals surface area contributed by atoms with Gasteiger partial charge in [-0.25, -0.2) is 9.18 Å². The molecule has 1 N–H and O–H groups in total. The first-order valence-corrected chi connectivity index (χ1v) is 5.76. The molecule has 0 saturated heterocycles. The third-order valence-corrected chi connectivity index (χ3v) is 2.34. The molecule has 0 fully saturated rings. The van der Waals surface area contributed by atoms with Gasteiger partial charge in [0, 0.05) is 4.47 Å². The van der Waals surface area contributed by atoms with Gasteiger partial charge in [-0.05, 0) is 32.0 Å². The monoisotopic (exact) mass is 302 g/mol. The summed E-state index contributed by atoms with van der Waals surface area (Å²) in [6.45, 7) is 3.47. The van der Waals surface area contributed by atoms with E-state index in [1.807, 2.05) is 0 Å². The number of rotatable bonds is 4. The fraction of sp³-hybridized carbons (Fsp3) is 0.273. The summed E-state index contributed by atoms with van der Waals surface area (Å²) in [5, 5.41) is 3.74. The van der Waals surface area contributed by atoms with Crippen molar-refractivity contribution in [2.45, 2.75) is 13.8 Å². The first-order chi connectivity index (χ1) is 8.04. The number of anilines is 1. The van der Waals surface area contributed by atoms with Crippen LogP contribution in [0, 0.1) is 5.82 Å². The number of ether oxygens (including phenoxy) is 1. The summed E-state index contributed by atoms with van der Waals surface area (Å²) in [7, 11) is 0. The van der Waals surface area contributed by atoms with Gasteiger partial charge in [0.05, 0.1) is 12.3 Å². The largest absolute Gasteiger partial charge is 0.461 e. The molecule has 0 aliphatic heterocycles. The van der Waals surface area contributed by atoms with Crippen molar-refractivity contribution in [2.75, 3.05) is 12.0 Å². The van der Waals surface area contributed by atoms with Crippen LogP contribution >= 0.6 is 15.9 Å². The highest BCUT2D eigenvalue weighted by Crippen LogP contribution is 2.19. The third-order valence-electron chi connectivity index (χ3n) is 1.85. The second kappa shape index (κ2) is 6.34. The van der Waals surface area contributed by atoms with Gasteiger partial charge < -0.3 is 4.74 Å². The van der Waals surface area contributed by atoms with Crippen LogP contribution in [0.3, 0.4) is 0 Å². The second-order valence-electron chi connectivity index (χ2n) is 3.15. The molecule has 0 aromatic heterocycles. The zero-order chi connectivity index (χ0) is 12.8. The highest BCUT2D eigenvalue weighted by molar-refractivity contribution is 9.10. The maximum atomic E-state index is 13.4. The lowest BCUT2D eigenvalue weighted by Crippen LogP contribution is -2.15. The van der Waals surface area contributed by atoms with Crippen LogP contribution < -0.4 is 5.43 Å². The molecule has 1 aromatic rings. The van der Waals surface area contributed by atoms with Crippen LogP contribution in [0.1, 0.15) is 13.8 Å². The molecule has 0 bridgehead atoms. The number of nitrogens with one attached hydrogen (secondary N) is 1. The van der Waals surface area contributed by atoms with Crippen molar-refractivity contribution in [1.29, 1.82) is 0 Å². The summed E-state index contributed by atoms with van der Waals surface area (Å²) in [4.78, 5) is 11.2. The van der Waals surface area contributed by atoms with Gasteiger partial charge in [0.2, 0.25) is 0 Å². The number of hydrogen-bond acceptors (Lipinski definition) is 4. The standard InChI is InChI=1S/C11H12BrFN2O2/c1-3-17-11(16)7(2)14-15-10-5-4-8(12)6-9(10)13/h4-6,15H,3H2,1-2H3/b14-7+. The van der Waals surface area contributed by atoms with Crippen molar-refractivity contribution < 1.29 is 13.9 Å². The molecule has 0 unspecified atom stereocenters. The van der Waals surface area contributed by atoms with E-state index in [2.05, 4.69) is 26.5 Å². The maximum Gasteiger partial charge on any atom is 0.354 e. The Kier molecular flexibility index (Phi) is 5.09. The summed E-state index contributed by atoms with van der Waals surface area (Å²) in [6.07, 6.45) is 0. The van der Waals surface area contributed by atoms with Crippen LogP contribution in [0.5, 0.6) is 0 Å². The molecule has 0 aliphatic carbocycles. The first kappa shape index (κ1) is 13.6. The van der Waals surface area contributed by atoms with Gasteiger partial charge in [-0.3, -0.25) is 5.43 Å². The molecule has 4 nitrogen and oxygen atoms in total. The van der Waals surface area contributed by atoms with E-state index >= 15 is 0 Å². The fourth-order valence-electron chi connectivity index (χ4n) is 1.01. The molecular formula is C11H12BrFN2O2. The molecule has 17 heavy (non-hydrogen) atoms. The van der Waals surface area contributed by atoms with Gasteiger partial charge in [0.25, 0.3) is 0 Å². The maximum absolute atomic E-state index is 13.4. The summed E-state index contributed by atoms with van der Waals surface area (Å²) in [5.41, 5.74) is 2.80. The van der Waals surface area contributed by atoms with Crippen molar-refractivity contribution in [1.82, 2.24) is 0 Å². The van der Waals surface area contributed by atoms with Gasteiger partial charge in [-0.1, -0.05) is 15.9 Å². The van der Waals surface area contributed by atoms with Gasteiger partial charge in [-0.15, -0.1) is 0 Å². The van der Waals surface area contributed by atoms with Crippen LogP contribution in [-0.2, 0) is 9.53 Å². The topological polar surface area (TPSA) is 50.7 Å². The zero-order valence-electron chi connectivity index (χ0n) is 9.46. The number of esters is 1. The van der Waals surface area contributed by atoms with Crippen molar-refractivity contribution in [3.05, 3.63) is 28.5 Å². The Hall–Kier alpha value is -1.43. The Bertz CT molecular complexity index is 449. The molecule has 0 saturated carbocycles. The Morgan fingerprint density at radius 2 is 2.29 bits per heavy atom. The van der Waals surface area contributed by atoms with E-state index in [0.29, 0.717) is 4.47 Å². The van der Waals surface area contributed by atoms with E-state index in [4.69, 9.17) is 4.74 Å². The summed E-state index contributed by atoms with van der Waals surface area (Å²) in [6, 6.07) is 4.49. The van der Waals surface area contributed by atoms with Gasteiger partial charge in [-0.2, -0.15) is 5.10 Å². The van der Waals surface area contributed by atoms with E-state index in [0.717, 1.165) is 0 Å². The van der Waals surface area contributed by atoms with E-state index in [-0.39, 0.29) is 18.0 Å². The van der Waals surface area contributed by atoms with Gasteiger partial charge >= 0.3 is 5.97 Å². The molecule has 1 aromatic carbocycles. The number of hydrogen-bond donors (Lipinski definition) is 1. The minimum Gasteiger partial charge on any atom is -0.461 e. The van der Waals surface area contributed by atoms with E-state index in [1.54, 1.807) is 13.0 Å². The second-order valence-corrected chi connectivity index (χ2v) is 4.07. The number of carbonyl (C=O) groups is 1. The molecule has 0 spiro atoms. The van der Waals surface area contributed by atoms with Crippen molar-refractivity contribution >= 4 is 33.3 Å². The van der Waals surface area contributed by atoms with Gasteiger partial charge in [0.15, 0.2) is 0 Å². The number of benzene rings is 1. The Labute approximate surface area is 107 Å². The molecule has 6 heteroatoms.